The average molecular weight is 286 g/mol. The number of nitrogens with zero attached hydrogens (tertiary/aromatic N) is 1. The van der Waals surface area contributed by atoms with E-state index in [1.165, 1.54) is 24.3 Å². The molecule has 0 amide bonds. The lowest BCUT2D eigenvalue weighted by Gasteiger charge is -2.09. The Labute approximate surface area is 113 Å². The molecule has 0 atom stereocenters. The molecule has 0 saturated carbocycles. The second kappa shape index (κ2) is 5.07. The highest BCUT2D eigenvalue weighted by Gasteiger charge is 2.31. The highest BCUT2D eigenvalue weighted by molar-refractivity contribution is 5.68. The van der Waals surface area contributed by atoms with Crippen LogP contribution in [-0.4, -0.2) is 11.5 Å². The lowest BCUT2D eigenvalue weighted by Crippen LogP contribution is -2.16. The molecule has 1 aromatic heterocycles. The molecule has 0 saturated heterocycles. The molecule has 0 unspecified atom stereocenters. The van der Waals surface area contributed by atoms with Crippen molar-refractivity contribution in [2.24, 2.45) is 0 Å². The zero-order valence-electron chi connectivity index (χ0n) is 10.9. The summed E-state index contributed by atoms with van der Waals surface area (Å²) in [6.45, 7) is 3.85. The molecule has 0 fully saturated rings. The minimum absolute atomic E-state index is 0.0855. The highest BCUT2D eigenvalue weighted by atomic mass is 19.4. The molecule has 2 aromatic rings. The molecule has 108 valence electrons. The van der Waals surface area contributed by atoms with Crippen LogP contribution in [0, 0.1) is 0 Å². The van der Waals surface area contributed by atoms with Crippen LogP contribution in [0.2, 0.25) is 0 Å². The molecule has 0 spiro atoms. The summed E-state index contributed by atoms with van der Waals surface area (Å²) in [5, 5.41) is 3.85. The molecule has 2 rings (SSSR count). The van der Waals surface area contributed by atoms with Gasteiger partial charge in [-0.2, -0.15) is 0 Å². The maximum atomic E-state index is 12.1. The van der Waals surface area contributed by atoms with Crippen molar-refractivity contribution in [3.8, 4) is 17.0 Å². The number of anilines is 1. The van der Waals surface area contributed by atoms with Crippen LogP contribution >= 0.6 is 0 Å². The van der Waals surface area contributed by atoms with Crippen molar-refractivity contribution < 1.29 is 22.4 Å². The Morgan fingerprint density at radius 2 is 1.80 bits per heavy atom. The number of nitrogens with two attached hydrogens (primary N) is 1. The number of rotatable bonds is 3. The second-order valence-electron chi connectivity index (χ2n) is 4.54. The Morgan fingerprint density at radius 3 is 2.30 bits per heavy atom. The van der Waals surface area contributed by atoms with Crippen molar-refractivity contribution in [3.05, 3.63) is 29.8 Å². The summed E-state index contributed by atoms with van der Waals surface area (Å²) in [7, 11) is 0. The number of hydrogen-bond donors (Lipinski definition) is 1. The molecule has 0 bridgehead atoms. The fourth-order valence-corrected chi connectivity index (χ4v) is 1.89. The monoisotopic (exact) mass is 286 g/mol. The van der Waals surface area contributed by atoms with Crippen LogP contribution in [0.5, 0.6) is 5.75 Å². The highest BCUT2D eigenvalue weighted by Crippen LogP contribution is 2.34. The third-order valence-electron chi connectivity index (χ3n) is 2.69. The number of nitrogen functional groups attached to an aromatic ring is 1. The first kappa shape index (κ1) is 14.2. The van der Waals surface area contributed by atoms with Crippen molar-refractivity contribution in [2.45, 2.75) is 26.1 Å². The van der Waals surface area contributed by atoms with Gasteiger partial charge in [0.2, 0.25) is 5.88 Å². The maximum absolute atomic E-state index is 12.1. The largest absolute Gasteiger partial charge is 0.573 e. The van der Waals surface area contributed by atoms with Crippen molar-refractivity contribution in [1.29, 1.82) is 0 Å². The minimum atomic E-state index is -4.71. The first-order valence-corrected chi connectivity index (χ1v) is 5.89. The van der Waals surface area contributed by atoms with E-state index in [-0.39, 0.29) is 17.6 Å². The van der Waals surface area contributed by atoms with Crippen LogP contribution in [0.25, 0.3) is 11.3 Å². The summed E-state index contributed by atoms with van der Waals surface area (Å²) in [6, 6.07) is 5.39. The van der Waals surface area contributed by atoms with Crippen LogP contribution in [0.1, 0.15) is 25.3 Å². The Balaban J connectivity index is 2.31. The molecule has 0 aliphatic carbocycles. The summed E-state index contributed by atoms with van der Waals surface area (Å²) >= 11 is 0. The number of benzene rings is 1. The molecule has 1 heterocycles. The second-order valence-corrected chi connectivity index (χ2v) is 4.54. The SMILES string of the molecule is CC(C)c1c(-c2ccc(OC(F)(F)F)cc2)noc1N. The summed E-state index contributed by atoms with van der Waals surface area (Å²) in [5.74, 6) is 0.0109. The van der Waals surface area contributed by atoms with E-state index >= 15 is 0 Å². The maximum Gasteiger partial charge on any atom is 0.573 e. The zero-order valence-corrected chi connectivity index (χ0v) is 10.9. The Bertz CT molecular complexity index is 589. The van der Waals surface area contributed by atoms with Gasteiger partial charge in [-0.15, -0.1) is 13.2 Å². The van der Waals surface area contributed by atoms with Gasteiger partial charge in [0.15, 0.2) is 0 Å². The average Bonchev–Trinajstić information content (AvgIpc) is 2.70. The zero-order chi connectivity index (χ0) is 14.9. The minimum Gasteiger partial charge on any atom is -0.406 e. The molecular formula is C13H13F3N2O2. The molecule has 7 heteroatoms. The van der Waals surface area contributed by atoms with Gasteiger partial charge in [0.1, 0.15) is 11.4 Å². The molecule has 20 heavy (non-hydrogen) atoms. The summed E-state index contributed by atoms with van der Waals surface area (Å²) in [4.78, 5) is 0. The molecule has 0 aliphatic rings. The van der Waals surface area contributed by atoms with Gasteiger partial charge >= 0.3 is 6.36 Å². The first-order valence-electron chi connectivity index (χ1n) is 5.89. The topological polar surface area (TPSA) is 61.3 Å². The van der Waals surface area contributed by atoms with Gasteiger partial charge in [0, 0.05) is 11.1 Å². The Hall–Kier alpha value is -2.18. The Morgan fingerprint density at radius 1 is 1.20 bits per heavy atom. The third kappa shape index (κ3) is 3.04. The van der Waals surface area contributed by atoms with Gasteiger partial charge in [-0.25, -0.2) is 0 Å². The Kier molecular flexibility index (Phi) is 3.61. The van der Waals surface area contributed by atoms with Crippen molar-refractivity contribution in [2.75, 3.05) is 5.73 Å². The smallest absolute Gasteiger partial charge is 0.406 e. The lowest BCUT2D eigenvalue weighted by molar-refractivity contribution is -0.274. The van der Waals surface area contributed by atoms with E-state index in [0.717, 1.165) is 5.56 Å². The predicted molar refractivity (Wildman–Crippen MR) is 67.1 cm³/mol. The fourth-order valence-electron chi connectivity index (χ4n) is 1.89. The first-order chi connectivity index (χ1) is 9.28. The van der Waals surface area contributed by atoms with Crippen molar-refractivity contribution in [3.63, 3.8) is 0 Å². The predicted octanol–water partition coefficient (Wildman–Crippen LogP) is 3.95. The molecular weight excluding hydrogens is 273 g/mol. The van der Waals surface area contributed by atoms with E-state index in [1.54, 1.807) is 0 Å². The molecule has 1 aromatic carbocycles. The summed E-state index contributed by atoms with van der Waals surface area (Å²) in [6.07, 6.45) is -4.71. The van der Waals surface area contributed by atoms with E-state index in [0.29, 0.717) is 11.3 Å². The van der Waals surface area contributed by atoms with E-state index < -0.39 is 6.36 Å². The van der Waals surface area contributed by atoms with E-state index in [9.17, 15) is 13.2 Å². The lowest BCUT2D eigenvalue weighted by atomic mass is 9.99. The quantitative estimate of drug-likeness (QED) is 0.928. The van der Waals surface area contributed by atoms with Gasteiger partial charge < -0.3 is 15.0 Å². The van der Waals surface area contributed by atoms with Crippen LogP contribution in [0.15, 0.2) is 28.8 Å². The van der Waals surface area contributed by atoms with Gasteiger partial charge in [0.25, 0.3) is 0 Å². The fraction of sp³-hybridized carbons (Fsp3) is 0.308. The van der Waals surface area contributed by atoms with Crippen LogP contribution < -0.4 is 10.5 Å². The van der Waals surface area contributed by atoms with Crippen LogP contribution in [-0.2, 0) is 0 Å². The van der Waals surface area contributed by atoms with Crippen LogP contribution in [0.3, 0.4) is 0 Å². The number of halogens is 3. The summed E-state index contributed by atoms with van der Waals surface area (Å²) < 4.78 is 45.0. The van der Waals surface area contributed by atoms with Crippen molar-refractivity contribution >= 4 is 5.88 Å². The standard InChI is InChI=1S/C13H13F3N2O2/c1-7(2)10-11(18-20-12(10)17)8-3-5-9(6-4-8)19-13(14,15)16/h3-7H,17H2,1-2H3. The number of ether oxygens (including phenoxy) is 1. The van der Waals surface area contributed by atoms with Gasteiger partial charge in [-0.3, -0.25) is 0 Å². The number of alkyl halides is 3. The summed E-state index contributed by atoms with van der Waals surface area (Å²) in [5.41, 5.74) is 7.56. The third-order valence-corrected chi connectivity index (χ3v) is 2.69. The van der Waals surface area contributed by atoms with E-state index in [1.807, 2.05) is 13.8 Å². The van der Waals surface area contributed by atoms with Gasteiger partial charge in [-0.05, 0) is 30.2 Å². The van der Waals surface area contributed by atoms with E-state index in [2.05, 4.69) is 9.89 Å². The number of aromatic nitrogens is 1. The van der Waals surface area contributed by atoms with Crippen LogP contribution in [0.4, 0.5) is 19.1 Å². The molecule has 0 aliphatic heterocycles. The number of hydrogen-bond acceptors (Lipinski definition) is 4. The normalized spacial score (nSPS) is 11.9. The van der Waals surface area contributed by atoms with E-state index in [4.69, 9.17) is 10.3 Å². The molecule has 4 nitrogen and oxygen atoms in total. The van der Waals surface area contributed by atoms with Gasteiger partial charge in [0.05, 0.1) is 0 Å². The molecule has 2 N–H and O–H groups in total. The molecule has 0 radical (unpaired) electrons. The van der Waals surface area contributed by atoms with Crippen molar-refractivity contribution in [1.82, 2.24) is 5.16 Å². The van der Waals surface area contributed by atoms with Gasteiger partial charge in [-0.1, -0.05) is 19.0 Å².